The molecule has 0 saturated heterocycles. The minimum Gasteiger partial charge on any atom is -0.395 e. The highest BCUT2D eigenvalue weighted by molar-refractivity contribution is 7.89. The molecule has 0 aromatic heterocycles. The Bertz CT molecular complexity index is 205. The van der Waals surface area contributed by atoms with Gasteiger partial charge in [-0.05, 0) is 0 Å². The van der Waals surface area contributed by atoms with Gasteiger partial charge in [0.15, 0.2) is 0 Å². The Morgan fingerprint density at radius 1 is 1.50 bits per heavy atom. The molecule has 0 rings (SSSR count). The van der Waals surface area contributed by atoms with Gasteiger partial charge in [-0.2, -0.15) is 4.31 Å². The molecule has 0 unspecified atom stereocenters. The zero-order valence-electron chi connectivity index (χ0n) is 7.03. The smallest absolute Gasteiger partial charge is 0.215 e. The quantitative estimate of drug-likeness (QED) is 0.628. The molecule has 1 N–H and O–H groups in total. The minimum absolute atomic E-state index is 0.0671. The number of alkyl halides is 1. The van der Waals surface area contributed by atoms with E-state index < -0.39 is 10.0 Å². The van der Waals surface area contributed by atoms with Crippen molar-refractivity contribution in [1.82, 2.24) is 4.31 Å². The molecule has 12 heavy (non-hydrogen) atoms. The second kappa shape index (κ2) is 5.75. The highest BCUT2D eigenvalue weighted by Gasteiger charge is 2.18. The molecule has 0 aliphatic rings. The Hall–Kier alpha value is 0.160. The van der Waals surface area contributed by atoms with Crippen LogP contribution in [0.4, 0.5) is 0 Å². The van der Waals surface area contributed by atoms with Crippen LogP contribution in [-0.2, 0) is 10.0 Å². The summed E-state index contributed by atoms with van der Waals surface area (Å²) in [4.78, 5) is 0. The second-order valence-corrected chi connectivity index (χ2v) is 4.69. The molecule has 0 spiro atoms. The lowest BCUT2D eigenvalue weighted by molar-refractivity contribution is 0.257. The largest absolute Gasteiger partial charge is 0.395 e. The number of halogens is 1. The van der Waals surface area contributed by atoms with Crippen molar-refractivity contribution in [3.8, 4) is 0 Å². The fourth-order valence-electron chi connectivity index (χ4n) is 0.832. The fraction of sp³-hybridized carbons (Fsp3) is 1.00. The summed E-state index contributed by atoms with van der Waals surface area (Å²) >= 11 is 5.32. The molecule has 0 amide bonds. The summed E-state index contributed by atoms with van der Waals surface area (Å²) in [5.41, 5.74) is 0. The summed E-state index contributed by atoms with van der Waals surface area (Å²) in [6.45, 7) is 2.09. The normalized spacial score (nSPS) is 12.3. The number of nitrogens with zero attached hydrogens (tertiary/aromatic N) is 1. The van der Waals surface area contributed by atoms with Gasteiger partial charge < -0.3 is 5.11 Å². The predicted molar refractivity (Wildman–Crippen MR) is 48.8 cm³/mol. The van der Waals surface area contributed by atoms with Crippen molar-refractivity contribution in [2.75, 3.05) is 31.3 Å². The van der Waals surface area contributed by atoms with E-state index in [4.69, 9.17) is 16.7 Å². The Kier molecular flexibility index (Phi) is 5.82. The lowest BCUT2D eigenvalue weighted by Crippen LogP contribution is -2.35. The fourth-order valence-corrected chi connectivity index (χ4v) is 2.62. The average molecular weight is 216 g/mol. The van der Waals surface area contributed by atoms with Crippen molar-refractivity contribution >= 4 is 21.6 Å². The van der Waals surface area contributed by atoms with E-state index in [9.17, 15) is 8.42 Å². The van der Waals surface area contributed by atoms with E-state index in [1.165, 1.54) is 4.31 Å². The number of hydrogen-bond acceptors (Lipinski definition) is 3. The van der Waals surface area contributed by atoms with Crippen LogP contribution in [0.1, 0.15) is 6.92 Å². The molecule has 4 nitrogen and oxygen atoms in total. The van der Waals surface area contributed by atoms with Crippen LogP contribution < -0.4 is 0 Å². The maximum atomic E-state index is 11.3. The van der Waals surface area contributed by atoms with Gasteiger partial charge in [-0.1, -0.05) is 6.92 Å². The van der Waals surface area contributed by atoms with Crippen molar-refractivity contribution in [2.45, 2.75) is 6.92 Å². The van der Waals surface area contributed by atoms with E-state index >= 15 is 0 Å². The minimum atomic E-state index is -3.24. The number of likely N-dealkylation sites (N-methyl/N-ethyl adjacent to an activating group) is 1. The van der Waals surface area contributed by atoms with Crippen LogP contribution in [0.5, 0.6) is 0 Å². The molecular formula is C6H14ClNO3S. The molecule has 74 valence electrons. The van der Waals surface area contributed by atoms with Crippen molar-refractivity contribution in [3.05, 3.63) is 0 Å². The second-order valence-electron chi connectivity index (χ2n) is 2.22. The topological polar surface area (TPSA) is 57.6 Å². The molecule has 6 heteroatoms. The number of aliphatic hydroxyl groups excluding tert-OH is 1. The SMILES string of the molecule is CCN(CCO)S(=O)(=O)CCCl. The van der Waals surface area contributed by atoms with Crippen molar-refractivity contribution in [1.29, 1.82) is 0 Å². The molecule has 0 radical (unpaired) electrons. The summed E-state index contributed by atoms with van der Waals surface area (Å²) in [7, 11) is -3.24. The van der Waals surface area contributed by atoms with Gasteiger partial charge in [-0.15, -0.1) is 11.6 Å². The maximum absolute atomic E-state index is 11.3. The first kappa shape index (κ1) is 12.2. The third-order valence-electron chi connectivity index (χ3n) is 1.43. The van der Waals surface area contributed by atoms with Gasteiger partial charge in [0.25, 0.3) is 0 Å². The number of sulfonamides is 1. The lowest BCUT2D eigenvalue weighted by atomic mass is 10.6. The summed E-state index contributed by atoms with van der Waals surface area (Å²) in [6.07, 6.45) is 0. The van der Waals surface area contributed by atoms with E-state index in [1.54, 1.807) is 6.92 Å². The third-order valence-corrected chi connectivity index (χ3v) is 3.79. The first-order valence-electron chi connectivity index (χ1n) is 3.73. The molecule has 0 aliphatic heterocycles. The Balaban J connectivity index is 4.27. The predicted octanol–water partition coefficient (Wildman–Crippen LogP) is -0.131. The summed E-state index contributed by atoms with van der Waals surface area (Å²) in [6, 6.07) is 0. The average Bonchev–Trinajstić information content (AvgIpc) is 1.99. The van der Waals surface area contributed by atoms with E-state index in [-0.39, 0.29) is 24.8 Å². The Morgan fingerprint density at radius 3 is 2.42 bits per heavy atom. The zero-order valence-corrected chi connectivity index (χ0v) is 8.61. The lowest BCUT2D eigenvalue weighted by Gasteiger charge is -2.18. The standard InChI is InChI=1S/C6H14ClNO3S/c1-2-8(4-5-9)12(10,11)6-3-7/h9H,2-6H2,1H3. The van der Waals surface area contributed by atoms with Crippen molar-refractivity contribution in [2.24, 2.45) is 0 Å². The van der Waals surface area contributed by atoms with Crippen LogP contribution in [-0.4, -0.2) is 49.2 Å². The van der Waals surface area contributed by atoms with Gasteiger partial charge in [-0.25, -0.2) is 8.42 Å². The van der Waals surface area contributed by atoms with Gasteiger partial charge in [-0.3, -0.25) is 0 Å². The first-order chi connectivity index (χ1) is 5.58. The van der Waals surface area contributed by atoms with E-state index in [1.807, 2.05) is 0 Å². The van der Waals surface area contributed by atoms with E-state index in [2.05, 4.69) is 0 Å². The number of hydrogen-bond donors (Lipinski definition) is 1. The van der Waals surface area contributed by atoms with Gasteiger partial charge in [0.05, 0.1) is 12.4 Å². The summed E-state index contributed by atoms with van der Waals surface area (Å²) < 4.78 is 23.8. The monoisotopic (exact) mass is 215 g/mol. The van der Waals surface area contributed by atoms with Crippen LogP contribution in [0.15, 0.2) is 0 Å². The molecular weight excluding hydrogens is 202 g/mol. The molecule has 0 saturated carbocycles. The van der Waals surface area contributed by atoms with Crippen LogP contribution in [0.2, 0.25) is 0 Å². The number of rotatable bonds is 6. The van der Waals surface area contributed by atoms with Crippen molar-refractivity contribution < 1.29 is 13.5 Å². The van der Waals surface area contributed by atoms with Crippen LogP contribution in [0.3, 0.4) is 0 Å². The molecule has 0 bridgehead atoms. The van der Waals surface area contributed by atoms with Crippen molar-refractivity contribution in [3.63, 3.8) is 0 Å². The van der Waals surface area contributed by atoms with Gasteiger partial charge in [0.1, 0.15) is 0 Å². The molecule has 0 aromatic carbocycles. The first-order valence-corrected chi connectivity index (χ1v) is 5.87. The van der Waals surface area contributed by atoms with E-state index in [0.29, 0.717) is 6.54 Å². The summed E-state index contributed by atoms with van der Waals surface area (Å²) in [5, 5.41) is 8.56. The van der Waals surface area contributed by atoms with E-state index in [0.717, 1.165) is 0 Å². The highest BCUT2D eigenvalue weighted by Crippen LogP contribution is 2.00. The maximum Gasteiger partial charge on any atom is 0.215 e. The molecule has 0 heterocycles. The van der Waals surface area contributed by atoms with Crippen LogP contribution >= 0.6 is 11.6 Å². The van der Waals surface area contributed by atoms with Crippen LogP contribution in [0, 0.1) is 0 Å². The van der Waals surface area contributed by atoms with Gasteiger partial charge in [0, 0.05) is 19.0 Å². The Labute approximate surface area is 78.2 Å². The molecule has 0 aromatic rings. The molecule has 0 atom stereocenters. The summed E-state index contributed by atoms with van der Waals surface area (Å²) in [5.74, 6) is 0.0205. The third kappa shape index (κ3) is 3.71. The van der Waals surface area contributed by atoms with Gasteiger partial charge in [0.2, 0.25) is 10.0 Å². The molecule has 0 fully saturated rings. The zero-order chi connectivity index (χ0) is 9.61. The Morgan fingerprint density at radius 2 is 2.08 bits per heavy atom. The van der Waals surface area contributed by atoms with Crippen LogP contribution in [0.25, 0.3) is 0 Å². The number of aliphatic hydroxyl groups is 1. The molecule has 0 aliphatic carbocycles. The van der Waals surface area contributed by atoms with Gasteiger partial charge >= 0.3 is 0 Å². The highest BCUT2D eigenvalue weighted by atomic mass is 35.5.